The van der Waals surface area contributed by atoms with Crippen LogP contribution >= 0.6 is 0 Å². The smallest absolute Gasteiger partial charge is 0.0846 e. The molecule has 2 heteroatoms. The van der Waals surface area contributed by atoms with Crippen LogP contribution in [-0.4, -0.2) is 10.1 Å². The highest BCUT2D eigenvalue weighted by Crippen LogP contribution is 2.40. The Hall–Kier alpha value is -3.10. The fourth-order valence-electron chi connectivity index (χ4n) is 4.16. The summed E-state index contributed by atoms with van der Waals surface area (Å²) < 4.78 is 0. The van der Waals surface area contributed by atoms with Gasteiger partial charge in [0, 0.05) is 21.7 Å². The molecule has 0 saturated heterocycles. The van der Waals surface area contributed by atoms with Gasteiger partial charge in [-0.25, -0.2) is 0 Å². The number of hydrogen-bond acceptors (Lipinski definition) is 1. The molecule has 5 aromatic rings. The quantitative estimate of drug-likeness (QED) is 0.381. The Labute approximate surface area is 158 Å². The number of aromatic amines is 1. The Kier molecular flexibility index (Phi) is 3.40. The number of fused-ring (bicyclic) bond motifs is 5. The van der Waals surface area contributed by atoms with Gasteiger partial charge in [-0.3, -0.25) is 0 Å². The van der Waals surface area contributed by atoms with E-state index in [0.717, 1.165) is 27.7 Å². The minimum Gasteiger partial charge on any atom is -0.386 e. The Morgan fingerprint density at radius 1 is 0.667 bits per heavy atom. The van der Waals surface area contributed by atoms with E-state index in [1.54, 1.807) is 0 Å². The molecule has 1 aromatic heterocycles. The van der Waals surface area contributed by atoms with Gasteiger partial charge in [0.2, 0.25) is 0 Å². The number of aromatic nitrogens is 1. The summed E-state index contributed by atoms with van der Waals surface area (Å²) in [4.78, 5) is 3.60. The second-order valence-electron chi connectivity index (χ2n) is 7.67. The maximum Gasteiger partial charge on any atom is 0.0846 e. The highest BCUT2D eigenvalue weighted by molar-refractivity contribution is 6.20. The van der Waals surface area contributed by atoms with E-state index in [0.29, 0.717) is 0 Å². The summed E-state index contributed by atoms with van der Waals surface area (Å²) in [5.74, 6) is 0. The van der Waals surface area contributed by atoms with Crippen LogP contribution in [0.2, 0.25) is 0 Å². The average molecular weight is 351 g/mol. The molecule has 2 nitrogen and oxygen atoms in total. The van der Waals surface area contributed by atoms with Crippen molar-refractivity contribution in [3.8, 4) is 11.1 Å². The standard InChI is InChI=1S/C25H21NO/c1-25(2,27)22-13-7-5-10-17(22)20-15-21-18-11-6-8-14-23(18)26-24(21)19-12-4-3-9-16(19)20/h3-15,26-27H,1-2H3. The van der Waals surface area contributed by atoms with Crippen LogP contribution in [0, 0.1) is 0 Å². The second kappa shape index (κ2) is 5.70. The first kappa shape index (κ1) is 16.1. The monoisotopic (exact) mass is 351 g/mol. The van der Waals surface area contributed by atoms with Gasteiger partial charge in [-0.2, -0.15) is 0 Å². The number of nitrogens with one attached hydrogen (secondary N) is 1. The number of rotatable bonds is 2. The molecule has 0 amide bonds. The van der Waals surface area contributed by atoms with Crippen LogP contribution in [0.15, 0.2) is 78.9 Å². The van der Waals surface area contributed by atoms with Crippen molar-refractivity contribution in [2.24, 2.45) is 0 Å². The van der Waals surface area contributed by atoms with Crippen molar-refractivity contribution >= 4 is 32.6 Å². The fourth-order valence-corrected chi connectivity index (χ4v) is 4.16. The summed E-state index contributed by atoms with van der Waals surface area (Å²) in [6, 6.07) is 27.3. The van der Waals surface area contributed by atoms with E-state index in [1.165, 1.54) is 21.5 Å². The third-order valence-corrected chi connectivity index (χ3v) is 5.40. The van der Waals surface area contributed by atoms with Crippen molar-refractivity contribution in [1.82, 2.24) is 4.98 Å². The first-order chi connectivity index (χ1) is 13.0. The van der Waals surface area contributed by atoms with Gasteiger partial charge in [-0.05, 0) is 48.1 Å². The van der Waals surface area contributed by atoms with E-state index >= 15 is 0 Å². The molecule has 0 fully saturated rings. The first-order valence-electron chi connectivity index (χ1n) is 9.28. The van der Waals surface area contributed by atoms with Crippen molar-refractivity contribution in [3.63, 3.8) is 0 Å². The Bertz CT molecular complexity index is 1300. The second-order valence-corrected chi connectivity index (χ2v) is 7.67. The molecule has 0 unspecified atom stereocenters. The summed E-state index contributed by atoms with van der Waals surface area (Å²) in [5, 5.41) is 15.6. The molecule has 0 atom stereocenters. The lowest BCUT2D eigenvalue weighted by molar-refractivity contribution is 0.0792. The third-order valence-electron chi connectivity index (χ3n) is 5.40. The molecule has 132 valence electrons. The topological polar surface area (TPSA) is 36.0 Å². The van der Waals surface area contributed by atoms with E-state index in [2.05, 4.69) is 65.6 Å². The molecule has 0 saturated carbocycles. The molecule has 0 radical (unpaired) electrons. The zero-order valence-electron chi connectivity index (χ0n) is 15.5. The summed E-state index contributed by atoms with van der Waals surface area (Å²) >= 11 is 0. The molecule has 0 aliphatic heterocycles. The van der Waals surface area contributed by atoms with Gasteiger partial charge in [0.25, 0.3) is 0 Å². The van der Waals surface area contributed by atoms with E-state index < -0.39 is 5.60 Å². The largest absolute Gasteiger partial charge is 0.386 e. The molecule has 5 rings (SSSR count). The molecule has 0 aliphatic rings. The predicted molar refractivity (Wildman–Crippen MR) is 114 cm³/mol. The lowest BCUT2D eigenvalue weighted by atomic mass is 9.87. The van der Waals surface area contributed by atoms with E-state index in [1.807, 2.05) is 32.0 Å². The van der Waals surface area contributed by atoms with Crippen molar-refractivity contribution in [2.75, 3.05) is 0 Å². The average Bonchev–Trinajstić information content (AvgIpc) is 3.06. The fraction of sp³-hybridized carbons (Fsp3) is 0.120. The first-order valence-corrected chi connectivity index (χ1v) is 9.28. The summed E-state index contributed by atoms with van der Waals surface area (Å²) in [6.07, 6.45) is 0. The molecule has 27 heavy (non-hydrogen) atoms. The number of hydrogen-bond donors (Lipinski definition) is 2. The van der Waals surface area contributed by atoms with Gasteiger partial charge in [0.1, 0.15) is 0 Å². The van der Waals surface area contributed by atoms with Gasteiger partial charge in [0.15, 0.2) is 0 Å². The number of aliphatic hydroxyl groups is 1. The van der Waals surface area contributed by atoms with E-state index in [-0.39, 0.29) is 0 Å². The van der Waals surface area contributed by atoms with Crippen molar-refractivity contribution in [3.05, 3.63) is 84.4 Å². The maximum absolute atomic E-state index is 10.7. The van der Waals surface area contributed by atoms with Crippen LogP contribution < -0.4 is 0 Å². The number of para-hydroxylation sites is 1. The van der Waals surface area contributed by atoms with Gasteiger partial charge >= 0.3 is 0 Å². The van der Waals surface area contributed by atoms with E-state index in [4.69, 9.17) is 0 Å². The normalized spacial score (nSPS) is 12.3. The summed E-state index contributed by atoms with van der Waals surface area (Å²) in [7, 11) is 0. The minimum absolute atomic E-state index is 0.910. The van der Waals surface area contributed by atoms with Crippen molar-refractivity contribution < 1.29 is 5.11 Å². The molecular weight excluding hydrogens is 330 g/mol. The summed E-state index contributed by atoms with van der Waals surface area (Å²) in [5.41, 5.74) is 4.57. The van der Waals surface area contributed by atoms with Gasteiger partial charge in [-0.15, -0.1) is 0 Å². The Morgan fingerprint density at radius 2 is 1.30 bits per heavy atom. The van der Waals surface area contributed by atoms with Crippen LogP contribution in [0.4, 0.5) is 0 Å². The molecule has 1 heterocycles. The Morgan fingerprint density at radius 3 is 2.07 bits per heavy atom. The Balaban J connectivity index is 1.97. The van der Waals surface area contributed by atoms with Gasteiger partial charge in [0.05, 0.1) is 11.1 Å². The van der Waals surface area contributed by atoms with Crippen molar-refractivity contribution in [2.45, 2.75) is 19.4 Å². The van der Waals surface area contributed by atoms with Gasteiger partial charge in [-0.1, -0.05) is 66.7 Å². The van der Waals surface area contributed by atoms with Crippen molar-refractivity contribution in [1.29, 1.82) is 0 Å². The molecule has 0 spiro atoms. The predicted octanol–water partition coefficient (Wildman–Crippen LogP) is 6.37. The maximum atomic E-state index is 10.7. The minimum atomic E-state index is -0.910. The molecule has 4 aromatic carbocycles. The molecular formula is C25H21NO. The van der Waals surface area contributed by atoms with E-state index in [9.17, 15) is 5.11 Å². The van der Waals surface area contributed by atoms with Crippen LogP contribution in [-0.2, 0) is 5.60 Å². The molecule has 0 aliphatic carbocycles. The highest BCUT2D eigenvalue weighted by Gasteiger charge is 2.22. The van der Waals surface area contributed by atoms with Gasteiger partial charge < -0.3 is 10.1 Å². The molecule has 2 N–H and O–H groups in total. The number of H-pyrrole nitrogens is 1. The third kappa shape index (κ3) is 2.45. The van der Waals surface area contributed by atoms with Crippen LogP contribution in [0.1, 0.15) is 19.4 Å². The zero-order valence-corrected chi connectivity index (χ0v) is 15.5. The lowest BCUT2D eigenvalue weighted by Gasteiger charge is -2.22. The number of benzene rings is 4. The molecule has 0 bridgehead atoms. The van der Waals surface area contributed by atoms with Crippen LogP contribution in [0.25, 0.3) is 43.7 Å². The summed E-state index contributed by atoms with van der Waals surface area (Å²) in [6.45, 7) is 3.69. The lowest BCUT2D eigenvalue weighted by Crippen LogP contribution is -2.16. The van der Waals surface area contributed by atoms with Crippen LogP contribution in [0.5, 0.6) is 0 Å². The zero-order chi connectivity index (χ0) is 18.6. The van der Waals surface area contributed by atoms with Crippen LogP contribution in [0.3, 0.4) is 0 Å². The highest BCUT2D eigenvalue weighted by atomic mass is 16.3. The SMILES string of the molecule is CC(C)(O)c1ccccc1-c1cc2c3ccccc3[nH]c2c2ccccc12.